The second kappa shape index (κ2) is 10.5. The van der Waals surface area contributed by atoms with Gasteiger partial charge in [-0.3, -0.25) is 10.1 Å². The molecule has 0 bridgehead atoms. The highest BCUT2D eigenvalue weighted by atomic mass is 32.2. The summed E-state index contributed by atoms with van der Waals surface area (Å²) < 4.78 is 32.7. The number of nitrogens with zero attached hydrogens (tertiary/aromatic N) is 3. The van der Waals surface area contributed by atoms with E-state index in [-0.39, 0.29) is 10.9 Å². The Morgan fingerprint density at radius 3 is 2.48 bits per heavy atom. The summed E-state index contributed by atoms with van der Waals surface area (Å²) in [6, 6.07) is 15.9. The minimum absolute atomic E-state index is 0.0128. The number of amides is 1. The summed E-state index contributed by atoms with van der Waals surface area (Å²) in [5.41, 5.74) is 0.306. The van der Waals surface area contributed by atoms with Crippen LogP contribution in [0.3, 0.4) is 0 Å². The molecule has 2 heterocycles. The van der Waals surface area contributed by atoms with Crippen LogP contribution >= 0.6 is 11.8 Å². The Hall–Kier alpha value is -2.69. The zero-order chi connectivity index (χ0) is 23.3. The van der Waals surface area contributed by atoms with Gasteiger partial charge >= 0.3 is 6.01 Å². The largest absolute Gasteiger partial charge is 0.408 e. The van der Waals surface area contributed by atoms with Crippen LogP contribution in [0.5, 0.6) is 0 Å². The van der Waals surface area contributed by atoms with Gasteiger partial charge in [-0.2, -0.15) is 4.31 Å². The molecule has 0 saturated carbocycles. The lowest BCUT2D eigenvalue weighted by Crippen LogP contribution is -2.37. The van der Waals surface area contributed by atoms with Crippen LogP contribution in [-0.4, -0.2) is 47.7 Å². The van der Waals surface area contributed by atoms with Crippen molar-refractivity contribution in [2.24, 2.45) is 5.92 Å². The second-order valence-corrected chi connectivity index (χ2v) is 11.1. The summed E-state index contributed by atoms with van der Waals surface area (Å²) in [5, 5.41) is 10.4. The van der Waals surface area contributed by atoms with E-state index in [0.717, 1.165) is 23.5 Å². The highest BCUT2D eigenvalue weighted by molar-refractivity contribution is 7.99. The molecular formula is C23H26N4O4S2. The molecule has 0 atom stereocenters. The van der Waals surface area contributed by atoms with Gasteiger partial charge in [0.15, 0.2) is 0 Å². The number of sulfonamides is 1. The molecule has 2 aromatic carbocycles. The van der Waals surface area contributed by atoms with Crippen LogP contribution in [-0.2, 0) is 16.4 Å². The minimum Gasteiger partial charge on any atom is -0.408 e. The first-order valence-corrected chi connectivity index (χ1v) is 13.3. The van der Waals surface area contributed by atoms with E-state index in [2.05, 4.69) is 22.4 Å². The van der Waals surface area contributed by atoms with Gasteiger partial charge in [0.05, 0.1) is 4.90 Å². The first-order valence-electron chi connectivity index (χ1n) is 10.8. The molecule has 1 amide bonds. The maximum Gasteiger partial charge on any atom is 0.322 e. The van der Waals surface area contributed by atoms with Crippen LogP contribution in [0.15, 0.2) is 68.8 Å². The molecular weight excluding hydrogens is 460 g/mol. The molecule has 1 aromatic heterocycles. The molecule has 1 saturated heterocycles. The first kappa shape index (κ1) is 23.5. The standard InChI is InChI=1S/C23H26N4O4S2/c1-17-11-14-27(15-12-17)33(29,30)20-9-7-18(8-10-20)22(28)24-23-26-25-21(31-23)13-16-32-19-5-3-2-4-6-19/h2-10,17H,11-16H2,1H3,(H,24,26,28). The van der Waals surface area contributed by atoms with Crippen molar-refractivity contribution in [3.63, 3.8) is 0 Å². The van der Waals surface area contributed by atoms with Crippen molar-refractivity contribution in [2.45, 2.75) is 36.0 Å². The Kier molecular flexibility index (Phi) is 7.46. The molecule has 0 aliphatic carbocycles. The predicted octanol–water partition coefficient (Wildman–Crippen LogP) is 4.08. The number of hydrogen-bond donors (Lipinski definition) is 1. The van der Waals surface area contributed by atoms with Gasteiger partial charge in [0, 0.05) is 35.7 Å². The third-order valence-electron chi connectivity index (χ3n) is 5.51. The Bertz CT molecular complexity index is 1170. The highest BCUT2D eigenvalue weighted by Crippen LogP contribution is 2.24. The van der Waals surface area contributed by atoms with Crippen LogP contribution in [0.4, 0.5) is 6.01 Å². The SMILES string of the molecule is CC1CCN(S(=O)(=O)c2ccc(C(=O)Nc3nnc(CCSc4ccccc4)o3)cc2)CC1. The molecule has 33 heavy (non-hydrogen) atoms. The molecule has 1 aliphatic heterocycles. The molecule has 4 rings (SSSR count). The van der Waals surface area contributed by atoms with Crippen LogP contribution in [0.1, 0.15) is 36.0 Å². The third-order valence-corrected chi connectivity index (χ3v) is 8.44. The molecule has 3 aromatic rings. The number of aromatic nitrogens is 2. The zero-order valence-corrected chi connectivity index (χ0v) is 19.9. The molecule has 10 heteroatoms. The van der Waals surface area contributed by atoms with E-state index >= 15 is 0 Å². The lowest BCUT2D eigenvalue weighted by atomic mass is 10.0. The Balaban J connectivity index is 1.31. The average Bonchev–Trinajstić information content (AvgIpc) is 3.27. The number of carbonyl (C=O) groups excluding carboxylic acids is 1. The van der Waals surface area contributed by atoms with E-state index in [4.69, 9.17) is 4.42 Å². The van der Waals surface area contributed by atoms with Crippen molar-refractivity contribution >= 4 is 33.7 Å². The van der Waals surface area contributed by atoms with Gasteiger partial charge in [0.25, 0.3) is 5.91 Å². The van der Waals surface area contributed by atoms with Gasteiger partial charge in [-0.25, -0.2) is 8.42 Å². The van der Waals surface area contributed by atoms with E-state index in [1.54, 1.807) is 11.8 Å². The fraction of sp³-hybridized carbons (Fsp3) is 0.348. The predicted molar refractivity (Wildman–Crippen MR) is 127 cm³/mol. The number of aryl methyl sites for hydroxylation is 1. The molecule has 0 radical (unpaired) electrons. The van der Waals surface area contributed by atoms with Crippen molar-refractivity contribution in [3.05, 3.63) is 66.1 Å². The molecule has 1 aliphatic rings. The molecule has 1 fully saturated rings. The summed E-state index contributed by atoms with van der Waals surface area (Å²) in [4.78, 5) is 13.9. The monoisotopic (exact) mass is 486 g/mol. The Morgan fingerprint density at radius 2 is 1.79 bits per heavy atom. The maximum atomic E-state index is 12.8. The third kappa shape index (κ3) is 6.01. The Morgan fingerprint density at radius 1 is 1.09 bits per heavy atom. The minimum atomic E-state index is -3.55. The van der Waals surface area contributed by atoms with E-state index in [1.807, 2.05) is 30.3 Å². The topological polar surface area (TPSA) is 105 Å². The molecule has 1 N–H and O–H groups in total. The number of rotatable bonds is 8. The number of thioether (sulfide) groups is 1. The summed E-state index contributed by atoms with van der Waals surface area (Å²) >= 11 is 1.68. The number of anilines is 1. The van der Waals surface area contributed by atoms with Crippen molar-refractivity contribution in [2.75, 3.05) is 24.2 Å². The normalized spacial score (nSPS) is 15.4. The van der Waals surface area contributed by atoms with Crippen molar-refractivity contribution in [1.29, 1.82) is 0 Å². The number of piperidine rings is 1. The zero-order valence-electron chi connectivity index (χ0n) is 18.3. The van der Waals surface area contributed by atoms with Gasteiger partial charge in [-0.05, 0) is 55.2 Å². The number of benzene rings is 2. The lowest BCUT2D eigenvalue weighted by Gasteiger charge is -2.29. The number of carbonyl (C=O) groups is 1. The van der Waals surface area contributed by atoms with Gasteiger partial charge in [-0.15, -0.1) is 16.9 Å². The van der Waals surface area contributed by atoms with E-state index < -0.39 is 15.9 Å². The quantitative estimate of drug-likeness (QED) is 0.478. The van der Waals surface area contributed by atoms with E-state index in [1.165, 1.54) is 28.6 Å². The molecule has 174 valence electrons. The van der Waals surface area contributed by atoms with Gasteiger partial charge in [0.2, 0.25) is 15.9 Å². The lowest BCUT2D eigenvalue weighted by molar-refractivity contribution is 0.102. The van der Waals surface area contributed by atoms with E-state index in [0.29, 0.717) is 36.9 Å². The van der Waals surface area contributed by atoms with Crippen LogP contribution in [0, 0.1) is 5.92 Å². The van der Waals surface area contributed by atoms with Crippen LogP contribution in [0.25, 0.3) is 0 Å². The molecule has 8 nitrogen and oxygen atoms in total. The van der Waals surface area contributed by atoms with Crippen LogP contribution in [0.2, 0.25) is 0 Å². The van der Waals surface area contributed by atoms with Gasteiger partial charge in [-0.1, -0.05) is 30.2 Å². The second-order valence-electron chi connectivity index (χ2n) is 7.98. The summed E-state index contributed by atoms with van der Waals surface area (Å²) in [6.07, 6.45) is 2.29. The highest BCUT2D eigenvalue weighted by Gasteiger charge is 2.28. The molecule has 0 spiro atoms. The maximum absolute atomic E-state index is 12.8. The number of hydrogen-bond acceptors (Lipinski definition) is 7. The Labute approximate surface area is 197 Å². The van der Waals surface area contributed by atoms with Crippen molar-refractivity contribution < 1.29 is 17.6 Å². The number of nitrogens with one attached hydrogen (secondary N) is 1. The summed E-state index contributed by atoms with van der Waals surface area (Å²) in [5.74, 6) is 1.30. The first-order chi connectivity index (χ1) is 15.9. The van der Waals surface area contributed by atoms with Gasteiger partial charge < -0.3 is 4.42 Å². The van der Waals surface area contributed by atoms with Crippen molar-refractivity contribution in [1.82, 2.24) is 14.5 Å². The average molecular weight is 487 g/mol. The van der Waals surface area contributed by atoms with Crippen molar-refractivity contribution in [3.8, 4) is 0 Å². The fourth-order valence-electron chi connectivity index (χ4n) is 3.50. The summed E-state index contributed by atoms with van der Waals surface area (Å²) in [7, 11) is -3.55. The van der Waals surface area contributed by atoms with E-state index in [9.17, 15) is 13.2 Å². The smallest absolute Gasteiger partial charge is 0.322 e. The van der Waals surface area contributed by atoms with Gasteiger partial charge in [0.1, 0.15) is 0 Å². The fourth-order valence-corrected chi connectivity index (χ4v) is 5.83. The molecule has 0 unspecified atom stereocenters. The summed E-state index contributed by atoms with van der Waals surface area (Å²) in [6.45, 7) is 3.18. The van der Waals surface area contributed by atoms with Crippen LogP contribution < -0.4 is 5.32 Å².